The minimum absolute atomic E-state index is 0.0250. The van der Waals surface area contributed by atoms with Crippen LogP contribution in [0.3, 0.4) is 0 Å². The molecule has 3 aliphatic rings. The third-order valence-electron chi connectivity index (χ3n) is 6.42. The highest BCUT2D eigenvalue weighted by Gasteiger charge is 2.38. The molecule has 0 spiro atoms. The van der Waals surface area contributed by atoms with Crippen molar-refractivity contribution in [3.8, 4) is 0 Å². The fourth-order valence-electron chi connectivity index (χ4n) is 4.83. The van der Waals surface area contributed by atoms with Gasteiger partial charge in [0.15, 0.2) is 0 Å². The Balaban J connectivity index is 1.17. The van der Waals surface area contributed by atoms with E-state index in [1.54, 1.807) is 6.20 Å². The van der Waals surface area contributed by atoms with Crippen molar-refractivity contribution in [3.05, 3.63) is 65.4 Å². The lowest BCUT2D eigenvalue weighted by atomic mass is 9.98. The van der Waals surface area contributed by atoms with Crippen LogP contribution < -0.4 is 5.32 Å². The predicted octanol–water partition coefficient (Wildman–Crippen LogP) is 3.46. The molecule has 1 fully saturated rings. The largest absolute Gasteiger partial charge is 0.342 e. The van der Waals surface area contributed by atoms with Gasteiger partial charge in [0.05, 0.1) is 0 Å². The van der Waals surface area contributed by atoms with Crippen LogP contribution in [0.4, 0.5) is 5.82 Å². The fraction of sp³-hybridized carbons (Fsp3) is 0.375. The summed E-state index contributed by atoms with van der Waals surface area (Å²) < 4.78 is 0. The van der Waals surface area contributed by atoms with Crippen LogP contribution in [0.15, 0.2) is 48.7 Å². The van der Waals surface area contributed by atoms with E-state index in [4.69, 9.17) is 0 Å². The Morgan fingerprint density at radius 2 is 2.03 bits per heavy atom. The number of aryl methyl sites for hydroxylation is 2. The monoisotopic (exact) mass is 387 g/mol. The van der Waals surface area contributed by atoms with Crippen LogP contribution in [0.25, 0.3) is 5.57 Å². The lowest BCUT2D eigenvalue weighted by Crippen LogP contribution is -2.29. The Kier molecular flexibility index (Phi) is 4.66. The Morgan fingerprint density at radius 3 is 2.86 bits per heavy atom. The number of hydrogen-bond acceptors (Lipinski definition) is 3. The van der Waals surface area contributed by atoms with E-state index in [1.165, 1.54) is 11.1 Å². The molecule has 1 aromatic carbocycles. The van der Waals surface area contributed by atoms with Gasteiger partial charge in [-0.2, -0.15) is 0 Å². The number of carbonyl (C=O) groups is 2. The first-order valence-corrected chi connectivity index (χ1v) is 10.5. The predicted molar refractivity (Wildman–Crippen MR) is 112 cm³/mol. The number of anilines is 1. The highest BCUT2D eigenvalue weighted by atomic mass is 16.2. The second-order valence-electron chi connectivity index (χ2n) is 8.38. The van der Waals surface area contributed by atoms with Crippen molar-refractivity contribution in [2.45, 2.75) is 32.1 Å². The van der Waals surface area contributed by atoms with Crippen LogP contribution in [0.2, 0.25) is 0 Å². The van der Waals surface area contributed by atoms with E-state index in [0.717, 1.165) is 37.1 Å². The van der Waals surface area contributed by atoms with E-state index in [2.05, 4.69) is 46.7 Å². The minimum Gasteiger partial charge on any atom is -0.342 e. The molecule has 1 aliphatic carbocycles. The second-order valence-corrected chi connectivity index (χ2v) is 8.38. The van der Waals surface area contributed by atoms with Crippen LogP contribution in [-0.2, 0) is 22.4 Å². The van der Waals surface area contributed by atoms with Gasteiger partial charge in [-0.25, -0.2) is 4.98 Å². The quantitative estimate of drug-likeness (QED) is 0.874. The Bertz CT molecular complexity index is 983. The average molecular weight is 387 g/mol. The summed E-state index contributed by atoms with van der Waals surface area (Å²) in [5.74, 6) is 1.98. The van der Waals surface area contributed by atoms with Gasteiger partial charge in [-0.15, -0.1) is 0 Å². The highest BCUT2D eigenvalue weighted by Crippen LogP contribution is 2.41. The molecule has 5 heteroatoms. The number of nitrogens with one attached hydrogen (secondary N) is 1. The van der Waals surface area contributed by atoms with Gasteiger partial charge in [0, 0.05) is 32.1 Å². The standard InChI is InChI=1S/C24H25N3O2/c28-22-8-7-18-10-16(13-25-24(18)26-22)6-9-23(29)27-14-20-11-19(12-21(20)15-27)17-4-2-1-3-5-17/h1-5,10-11,13,20-21H,6-9,12,14-15H2,(H,25,26,28)/t20-,21+/m0/s1. The van der Waals surface area contributed by atoms with Crippen molar-refractivity contribution >= 4 is 23.2 Å². The molecular formula is C24H25N3O2. The molecule has 0 saturated carbocycles. The summed E-state index contributed by atoms with van der Waals surface area (Å²) in [6.45, 7) is 1.71. The van der Waals surface area contributed by atoms with Crippen molar-refractivity contribution in [2.24, 2.45) is 11.8 Å². The number of nitrogens with zero attached hydrogens (tertiary/aromatic N) is 2. The molecule has 1 N–H and O–H groups in total. The number of rotatable bonds is 4. The third-order valence-corrected chi connectivity index (χ3v) is 6.42. The van der Waals surface area contributed by atoms with Gasteiger partial charge >= 0.3 is 0 Å². The topological polar surface area (TPSA) is 62.3 Å². The smallest absolute Gasteiger partial charge is 0.225 e. The SMILES string of the molecule is O=C1CCc2cc(CCC(=O)N3C[C@H]4CC(c5ccccc5)=C[C@H]4C3)cnc2N1. The zero-order valence-corrected chi connectivity index (χ0v) is 16.4. The Hall–Kier alpha value is -2.95. The second kappa shape index (κ2) is 7.47. The van der Waals surface area contributed by atoms with Gasteiger partial charge in [-0.05, 0) is 53.4 Å². The van der Waals surface area contributed by atoms with Crippen LogP contribution in [-0.4, -0.2) is 34.8 Å². The van der Waals surface area contributed by atoms with Gasteiger partial charge < -0.3 is 10.2 Å². The molecule has 5 rings (SSSR count). The molecule has 1 saturated heterocycles. The zero-order valence-electron chi connectivity index (χ0n) is 16.4. The summed E-state index contributed by atoms with van der Waals surface area (Å²) in [6.07, 6.45) is 7.68. The Morgan fingerprint density at radius 1 is 1.17 bits per heavy atom. The highest BCUT2D eigenvalue weighted by molar-refractivity contribution is 5.92. The van der Waals surface area contributed by atoms with E-state index in [9.17, 15) is 9.59 Å². The van der Waals surface area contributed by atoms with Crippen LogP contribution in [0.1, 0.15) is 36.0 Å². The van der Waals surface area contributed by atoms with Crippen LogP contribution in [0, 0.1) is 11.8 Å². The summed E-state index contributed by atoms with van der Waals surface area (Å²) in [5.41, 5.74) is 4.89. The number of amides is 2. The number of allylic oxidation sites excluding steroid dienone is 1. The van der Waals surface area contributed by atoms with Gasteiger partial charge in [0.25, 0.3) is 0 Å². The van der Waals surface area contributed by atoms with Crippen LogP contribution in [0.5, 0.6) is 0 Å². The molecule has 1 aromatic heterocycles. The normalized spacial score (nSPS) is 22.7. The molecule has 0 radical (unpaired) electrons. The van der Waals surface area contributed by atoms with Gasteiger partial charge in [-0.3, -0.25) is 9.59 Å². The minimum atomic E-state index is 0.0250. The molecule has 3 heterocycles. The van der Waals surface area contributed by atoms with Crippen molar-refractivity contribution in [1.29, 1.82) is 0 Å². The molecule has 2 aromatic rings. The van der Waals surface area contributed by atoms with Gasteiger partial charge in [0.1, 0.15) is 5.82 Å². The van der Waals surface area contributed by atoms with E-state index in [-0.39, 0.29) is 11.8 Å². The molecule has 0 unspecified atom stereocenters. The molecule has 2 amide bonds. The summed E-state index contributed by atoms with van der Waals surface area (Å²) in [6, 6.07) is 12.7. The first kappa shape index (κ1) is 18.1. The fourth-order valence-corrected chi connectivity index (χ4v) is 4.83. The maximum Gasteiger partial charge on any atom is 0.225 e. The summed E-state index contributed by atoms with van der Waals surface area (Å²) in [4.78, 5) is 30.6. The summed E-state index contributed by atoms with van der Waals surface area (Å²) in [7, 11) is 0. The first-order chi connectivity index (χ1) is 14.2. The number of aromatic nitrogens is 1. The van der Waals surface area contributed by atoms with Gasteiger partial charge in [0.2, 0.25) is 11.8 Å². The summed E-state index contributed by atoms with van der Waals surface area (Å²) >= 11 is 0. The number of pyridine rings is 1. The van der Waals surface area contributed by atoms with Crippen molar-refractivity contribution in [1.82, 2.24) is 9.88 Å². The molecule has 2 atom stereocenters. The van der Waals surface area contributed by atoms with E-state index in [0.29, 0.717) is 36.9 Å². The van der Waals surface area contributed by atoms with E-state index >= 15 is 0 Å². The van der Waals surface area contributed by atoms with Crippen molar-refractivity contribution in [2.75, 3.05) is 18.4 Å². The molecule has 5 nitrogen and oxygen atoms in total. The third kappa shape index (κ3) is 3.69. The lowest BCUT2D eigenvalue weighted by Gasteiger charge is -2.18. The number of carbonyl (C=O) groups excluding carboxylic acids is 2. The number of benzene rings is 1. The first-order valence-electron chi connectivity index (χ1n) is 10.5. The zero-order chi connectivity index (χ0) is 19.8. The van der Waals surface area contributed by atoms with E-state index < -0.39 is 0 Å². The maximum absolute atomic E-state index is 12.8. The Labute approximate surface area is 170 Å². The molecule has 0 bridgehead atoms. The van der Waals surface area contributed by atoms with Crippen molar-refractivity contribution in [3.63, 3.8) is 0 Å². The van der Waals surface area contributed by atoms with Gasteiger partial charge in [-0.1, -0.05) is 42.5 Å². The average Bonchev–Trinajstić information content (AvgIpc) is 3.32. The van der Waals surface area contributed by atoms with Crippen LogP contribution >= 0.6 is 0 Å². The number of hydrogen-bond donors (Lipinski definition) is 1. The van der Waals surface area contributed by atoms with Crippen molar-refractivity contribution < 1.29 is 9.59 Å². The number of fused-ring (bicyclic) bond motifs is 2. The lowest BCUT2D eigenvalue weighted by molar-refractivity contribution is -0.130. The molecule has 2 aliphatic heterocycles. The molecular weight excluding hydrogens is 362 g/mol. The molecule has 148 valence electrons. The maximum atomic E-state index is 12.8. The van der Waals surface area contributed by atoms with E-state index in [1.807, 2.05) is 11.0 Å². The number of likely N-dealkylation sites (tertiary alicyclic amines) is 1. The summed E-state index contributed by atoms with van der Waals surface area (Å²) in [5, 5.41) is 2.80. The molecule has 29 heavy (non-hydrogen) atoms.